The highest BCUT2D eigenvalue weighted by Gasteiger charge is 2.38. The fraction of sp³-hybridized carbons (Fsp3) is 0.357. The van der Waals surface area contributed by atoms with E-state index in [4.69, 9.17) is 9.84 Å². The molecular weight excluding hydrogens is 347 g/mol. The van der Waals surface area contributed by atoms with Crippen molar-refractivity contribution < 1.29 is 27.8 Å². The van der Waals surface area contributed by atoms with Gasteiger partial charge in [0.2, 0.25) is 0 Å². The van der Waals surface area contributed by atoms with Gasteiger partial charge in [0.25, 0.3) is 5.56 Å². The largest absolute Gasteiger partial charge is 0.471 e. The lowest BCUT2D eigenvalue weighted by Crippen LogP contribution is -2.37. The molecule has 1 aliphatic heterocycles. The Hall–Kier alpha value is -2.84. The van der Waals surface area contributed by atoms with Crippen LogP contribution in [0.3, 0.4) is 0 Å². The van der Waals surface area contributed by atoms with Gasteiger partial charge >= 0.3 is 17.8 Å². The number of carbonyl (C=O) groups excluding carboxylic acids is 1. The zero-order chi connectivity index (χ0) is 18.6. The van der Waals surface area contributed by atoms with Crippen LogP contribution in [0.5, 0.6) is 0 Å². The predicted molar refractivity (Wildman–Crippen MR) is 77.4 cm³/mol. The molecule has 0 bridgehead atoms. The van der Waals surface area contributed by atoms with Crippen molar-refractivity contribution in [1.82, 2.24) is 14.9 Å². The van der Waals surface area contributed by atoms with E-state index in [-0.39, 0.29) is 12.2 Å². The van der Waals surface area contributed by atoms with Gasteiger partial charge in [-0.05, 0) is 6.08 Å². The number of aliphatic hydroxyl groups is 1. The van der Waals surface area contributed by atoms with Crippen LogP contribution in [0.1, 0.15) is 11.8 Å². The minimum Gasteiger partial charge on any atom is -0.393 e. The van der Waals surface area contributed by atoms with Crippen molar-refractivity contribution in [3.8, 4) is 11.8 Å². The summed E-state index contributed by atoms with van der Waals surface area (Å²) in [7, 11) is 0. The summed E-state index contributed by atoms with van der Waals surface area (Å²) in [6.07, 6.45) is -2.40. The number of aliphatic hydroxyl groups excluding tert-OH is 1. The summed E-state index contributed by atoms with van der Waals surface area (Å²) in [5.74, 6) is 2.31. The van der Waals surface area contributed by atoms with E-state index in [1.54, 1.807) is 0 Å². The fourth-order valence-electron chi connectivity index (χ4n) is 1.88. The van der Waals surface area contributed by atoms with E-state index < -0.39 is 42.2 Å². The van der Waals surface area contributed by atoms with Gasteiger partial charge in [-0.3, -0.25) is 19.1 Å². The lowest BCUT2D eigenvalue weighted by atomic mass is 10.3. The van der Waals surface area contributed by atoms with Gasteiger partial charge in [-0.15, -0.1) is 0 Å². The molecule has 0 fully saturated rings. The molecule has 2 heterocycles. The maximum Gasteiger partial charge on any atom is 0.471 e. The average molecular weight is 359 g/mol. The molecule has 0 aromatic carbocycles. The quantitative estimate of drug-likeness (QED) is 0.474. The van der Waals surface area contributed by atoms with Gasteiger partial charge < -0.3 is 15.2 Å². The number of amides is 1. The third-order valence-corrected chi connectivity index (χ3v) is 3.04. The normalized spacial score (nSPS) is 19.4. The molecule has 25 heavy (non-hydrogen) atoms. The predicted octanol–water partition coefficient (Wildman–Crippen LogP) is -0.988. The minimum atomic E-state index is -5.03. The molecule has 1 aromatic rings. The Bertz CT molecular complexity index is 859. The Morgan fingerprint density at radius 1 is 1.40 bits per heavy atom. The van der Waals surface area contributed by atoms with Gasteiger partial charge in [0.1, 0.15) is 11.7 Å². The molecule has 1 aliphatic rings. The minimum absolute atomic E-state index is 0.203. The van der Waals surface area contributed by atoms with Crippen molar-refractivity contribution in [1.29, 1.82) is 0 Å². The van der Waals surface area contributed by atoms with Gasteiger partial charge in [0, 0.05) is 6.20 Å². The second kappa shape index (κ2) is 7.37. The Kier molecular flexibility index (Phi) is 5.45. The highest BCUT2D eigenvalue weighted by molar-refractivity contribution is 5.81. The number of halogens is 3. The number of hydrogen-bond acceptors (Lipinski definition) is 5. The van der Waals surface area contributed by atoms with Crippen LogP contribution in [-0.4, -0.2) is 46.0 Å². The number of rotatable bonds is 3. The van der Waals surface area contributed by atoms with Crippen LogP contribution < -0.4 is 16.6 Å². The lowest BCUT2D eigenvalue weighted by Gasteiger charge is -2.14. The molecule has 8 nitrogen and oxygen atoms in total. The van der Waals surface area contributed by atoms with E-state index in [1.165, 1.54) is 17.5 Å². The SMILES string of the molecule is O=C(NCC#Cc1cn([C@H]2C=C[C@@H](CO)O2)c(=O)[nH]c1=O)C(F)(F)F. The highest BCUT2D eigenvalue weighted by Crippen LogP contribution is 2.18. The zero-order valence-corrected chi connectivity index (χ0v) is 12.5. The first-order valence-corrected chi connectivity index (χ1v) is 6.86. The van der Waals surface area contributed by atoms with Gasteiger partial charge in [-0.1, -0.05) is 17.9 Å². The van der Waals surface area contributed by atoms with Crippen LogP contribution in [0.2, 0.25) is 0 Å². The maximum atomic E-state index is 12.0. The van der Waals surface area contributed by atoms with Crippen LogP contribution in [0.4, 0.5) is 13.2 Å². The number of aromatic nitrogens is 2. The number of carbonyl (C=O) groups is 1. The molecule has 0 aliphatic carbocycles. The lowest BCUT2D eigenvalue weighted by molar-refractivity contribution is -0.173. The second-order valence-corrected chi connectivity index (χ2v) is 4.82. The van der Waals surface area contributed by atoms with Gasteiger partial charge in [-0.2, -0.15) is 13.2 Å². The molecule has 0 saturated heterocycles. The molecule has 1 aromatic heterocycles. The summed E-state index contributed by atoms with van der Waals surface area (Å²) < 4.78 is 42.3. The Morgan fingerprint density at radius 2 is 2.12 bits per heavy atom. The van der Waals surface area contributed by atoms with E-state index in [0.29, 0.717) is 0 Å². The summed E-state index contributed by atoms with van der Waals surface area (Å²) >= 11 is 0. The van der Waals surface area contributed by atoms with Gasteiger partial charge in [0.15, 0.2) is 6.23 Å². The molecule has 0 saturated carbocycles. The smallest absolute Gasteiger partial charge is 0.393 e. The molecule has 0 radical (unpaired) electrons. The van der Waals surface area contributed by atoms with Gasteiger partial charge in [0.05, 0.1) is 13.2 Å². The number of alkyl halides is 3. The fourth-order valence-corrected chi connectivity index (χ4v) is 1.88. The summed E-state index contributed by atoms with van der Waals surface area (Å²) in [5, 5.41) is 10.5. The van der Waals surface area contributed by atoms with Crippen LogP contribution in [0.25, 0.3) is 0 Å². The number of aromatic amines is 1. The molecule has 11 heteroatoms. The van der Waals surface area contributed by atoms with Crippen molar-refractivity contribution in [2.45, 2.75) is 18.5 Å². The standard InChI is InChI=1S/C14H12F3N3O5/c15-14(16,17)12(23)18-5-1-2-8-6-20(13(24)19-11(8)22)10-4-3-9(7-21)25-10/h3-4,6,9-10,21H,5,7H2,(H,18,23)(H,19,22,24)/t9-,10+/m0/s1. The molecule has 134 valence electrons. The van der Waals surface area contributed by atoms with Crippen LogP contribution in [0, 0.1) is 11.8 Å². The first kappa shape index (κ1) is 18.5. The van der Waals surface area contributed by atoms with Crippen molar-refractivity contribution in [2.75, 3.05) is 13.2 Å². The van der Waals surface area contributed by atoms with Crippen molar-refractivity contribution in [3.63, 3.8) is 0 Å². The van der Waals surface area contributed by atoms with E-state index in [0.717, 1.165) is 10.8 Å². The van der Waals surface area contributed by atoms with E-state index >= 15 is 0 Å². The van der Waals surface area contributed by atoms with Crippen molar-refractivity contribution in [3.05, 3.63) is 44.8 Å². The Balaban J connectivity index is 2.15. The first-order valence-electron chi connectivity index (χ1n) is 6.86. The van der Waals surface area contributed by atoms with E-state index in [2.05, 4.69) is 11.8 Å². The van der Waals surface area contributed by atoms with Crippen LogP contribution in [-0.2, 0) is 9.53 Å². The van der Waals surface area contributed by atoms with E-state index in [1.807, 2.05) is 4.98 Å². The monoisotopic (exact) mass is 359 g/mol. The third kappa shape index (κ3) is 4.59. The second-order valence-electron chi connectivity index (χ2n) is 4.82. The molecule has 2 rings (SSSR count). The summed E-state index contributed by atoms with van der Waals surface area (Å²) in [6.45, 7) is -0.931. The molecule has 0 spiro atoms. The number of H-pyrrole nitrogens is 1. The van der Waals surface area contributed by atoms with Crippen LogP contribution in [0.15, 0.2) is 27.9 Å². The molecule has 3 N–H and O–H groups in total. The molecule has 0 unspecified atom stereocenters. The van der Waals surface area contributed by atoms with Crippen molar-refractivity contribution in [2.24, 2.45) is 0 Å². The summed E-state index contributed by atoms with van der Waals surface area (Å²) in [4.78, 5) is 36.1. The highest BCUT2D eigenvalue weighted by atomic mass is 19.4. The van der Waals surface area contributed by atoms with E-state index in [9.17, 15) is 27.6 Å². The zero-order valence-electron chi connectivity index (χ0n) is 12.5. The Morgan fingerprint density at radius 3 is 2.72 bits per heavy atom. The number of nitrogens with zero attached hydrogens (tertiary/aromatic N) is 1. The molecule has 1 amide bonds. The van der Waals surface area contributed by atoms with Crippen molar-refractivity contribution >= 4 is 5.91 Å². The average Bonchev–Trinajstić information content (AvgIpc) is 3.00. The van der Waals surface area contributed by atoms with Gasteiger partial charge in [-0.25, -0.2) is 4.79 Å². The summed E-state index contributed by atoms with van der Waals surface area (Å²) in [6, 6.07) is 0. The number of nitrogens with one attached hydrogen (secondary N) is 2. The topological polar surface area (TPSA) is 113 Å². The first-order chi connectivity index (χ1) is 11.7. The van der Waals surface area contributed by atoms with Crippen LogP contribution >= 0.6 is 0 Å². The Labute approximate surface area is 137 Å². The molecular formula is C14H12F3N3O5. The summed E-state index contributed by atoms with van der Waals surface area (Å²) in [5.41, 5.74) is -1.82. The number of hydrogen-bond donors (Lipinski definition) is 3. The molecule has 2 atom stereocenters. The third-order valence-electron chi connectivity index (χ3n) is 3.04. The number of ether oxygens (including phenoxy) is 1. The maximum absolute atomic E-state index is 12.0.